The second kappa shape index (κ2) is 5.76. The number of halogens is 5. The maximum absolute atomic E-state index is 12.5. The van der Waals surface area contributed by atoms with Crippen LogP contribution in [0.1, 0.15) is 22.8 Å². The van der Waals surface area contributed by atoms with Gasteiger partial charge in [0.05, 0.1) is 5.56 Å². The minimum absolute atomic E-state index is 0.340. The van der Waals surface area contributed by atoms with Gasteiger partial charge in [-0.2, -0.15) is 13.2 Å². The van der Waals surface area contributed by atoms with Crippen molar-refractivity contribution in [3.8, 4) is 0 Å². The summed E-state index contributed by atoms with van der Waals surface area (Å²) in [6.07, 6.45) is -5.46. The Morgan fingerprint density at radius 2 is 1.65 bits per heavy atom. The second-order valence-electron chi connectivity index (χ2n) is 4.19. The van der Waals surface area contributed by atoms with E-state index in [9.17, 15) is 18.3 Å². The summed E-state index contributed by atoms with van der Waals surface area (Å²) in [5, 5.41) is 10.5. The zero-order chi connectivity index (χ0) is 14.9. The average molecular weight is 366 g/mol. The summed E-state index contributed by atoms with van der Waals surface area (Å²) in [5.41, 5.74) is 0.0344. The molecule has 0 aliphatic heterocycles. The van der Waals surface area contributed by atoms with Gasteiger partial charge >= 0.3 is 6.18 Å². The highest BCUT2D eigenvalue weighted by atomic mass is 79.9. The number of hydrogen-bond acceptors (Lipinski definition) is 1. The van der Waals surface area contributed by atoms with Gasteiger partial charge in [0, 0.05) is 15.1 Å². The lowest BCUT2D eigenvalue weighted by molar-refractivity contribution is -0.137. The lowest BCUT2D eigenvalue weighted by atomic mass is 10.0. The van der Waals surface area contributed by atoms with Crippen LogP contribution in [-0.2, 0) is 6.18 Å². The van der Waals surface area contributed by atoms with Gasteiger partial charge in [-0.05, 0) is 29.8 Å². The molecular formula is C14H9BrClF3O. The summed E-state index contributed by atoms with van der Waals surface area (Å²) in [7, 11) is 0. The Hall–Kier alpha value is -1.04. The number of hydrogen-bond donors (Lipinski definition) is 1. The third kappa shape index (κ3) is 3.34. The molecule has 0 aliphatic carbocycles. The van der Waals surface area contributed by atoms with Crippen LogP contribution in [0.15, 0.2) is 46.9 Å². The summed E-state index contributed by atoms with van der Waals surface area (Å²) >= 11 is 9.25. The van der Waals surface area contributed by atoms with Crippen LogP contribution in [0.25, 0.3) is 0 Å². The maximum atomic E-state index is 12.5. The average Bonchev–Trinajstić information content (AvgIpc) is 2.37. The van der Waals surface area contributed by atoms with Crippen LogP contribution >= 0.6 is 27.5 Å². The first-order valence-corrected chi connectivity index (χ1v) is 6.76. The summed E-state index contributed by atoms with van der Waals surface area (Å²) in [4.78, 5) is 0. The normalized spacial score (nSPS) is 13.3. The van der Waals surface area contributed by atoms with Gasteiger partial charge in [0.15, 0.2) is 0 Å². The zero-order valence-electron chi connectivity index (χ0n) is 9.96. The maximum Gasteiger partial charge on any atom is 0.416 e. The molecule has 0 spiro atoms. The van der Waals surface area contributed by atoms with E-state index in [1.54, 1.807) is 18.2 Å². The first kappa shape index (κ1) is 15.4. The Morgan fingerprint density at radius 3 is 2.15 bits per heavy atom. The van der Waals surface area contributed by atoms with Crippen molar-refractivity contribution in [3.05, 3.63) is 68.7 Å². The highest BCUT2D eigenvalue weighted by Crippen LogP contribution is 2.33. The molecule has 0 radical (unpaired) electrons. The van der Waals surface area contributed by atoms with Crippen LogP contribution in [0.2, 0.25) is 5.02 Å². The first-order chi connectivity index (χ1) is 9.29. The molecule has 0 amide bonds. The molecule has 2 rings (SSSR count). The molecule has 0 fully saturated rings. The number of aliphatic hydroxyl groups is 1. The SMILES string of the molecule is OC(c1ccc(C(F)(F)F)cc1)c1ccc(Br)cc1Cl. The molecule has 106 valence electrons. The largest absolute Gasteiger partial charge is 0.416 e. The highest BCUT2D eigenvalue weighted by Gasteiger charge is 2.30. The second-order valence-corrected chi connectivity index (χ2v) is 5.51. The number of rotatable bonds is 2. The minimum atomic E-state index is -4.39. The van der Waals surface area contributed by atoms with Crippen LogP contribution in [-0.4, -0.2) is 5.11 Å². The Balaban J connectivity index is 2.31. The number of aliphatic hydroxyl groups excluding tert-OH is 1. The van der Waals surface area contributed by atoms with Crippen LogP contribution in [0.5, 0.6) is 0 Å². The van der Waals surface area contributed by atoms with E-state index in [4.69, 9.17) is 11.6 Å². The molecule has 0 heterocycles. The van der Waals surface area contributed by atoms with E-state index in [-0.39, 0.29) is 0 Å². The van der Waals surface area contributed by atoms with Crippen LogP contribution in [0.3, 0.4) is 0 Å². The lowest BCUT2D eigenvalue weighted by Crippen LogP contribution is -2.06. The van der Waals surface area contributed by atoms with Gasteiger partial charge in [-0.3, -0.25) is 0 Å². The van der Waals surface area contributed by atoms with Crippen LogP contribution in [0, 0.1) is 0 Å². The van der Waals surface area contributed by atoms with Crippen molar-refractivity contribution in [2.24, 2.45) is 0 Å². The predicted octanol–water partition coefficient (Wildman–Crippen LogP) is 5.20. The number of alkyl halides is 3. The fourth-order valence-electron chi connectivity index (χ4n) is 1.76. The topological polar surface area (TPSA) is 20.2 Å². The Bertz CT molecular complexity index is 611. The molecule has 20 heavy (non-hydrogen) atoms. The summed E-state index contributed by atoms with van der Waals surface area (Å²) in [5.74, 6) is 0. The minimum Gasteiger partial charge on any atom is -0.384 e. The van der Waals surface area contributed by atoms with E-state index >= 15 is 0 Å². The standard InChI is InChI=1S/C14H9BrClF3O/c15-10-5-6-11(12(16)7-10)13(20)8-1-3-9(4-2-8)14(17,18)19/h1-7,13,20H. The molecule has 0 saturated heterocycles. The summed E-state index contributed by atoms with van der Waals surface area (Å²) in [6, 6.07) is 9.29. The zero-order valence-corrected chi connectivity index (χ0v) is 12.3. The summed E-state index contributed by atoms with van der Waals surface area (Å²) < 4.78 is 38.1. The first-order valence-electron chi connectivity index (χ1n) is 5.59. The molecule has 0 aliphatic rings. The predicted molar refractivity (Wildman–Crippen MR) is 74.7 cm³/mol. The quantitative estimate of drug-likeness (QED) is 0.775. The van der Waals surface area contributed by atoms with Crippen molar-refractivity contribution in [3.63, 3.8) is 0 Å². The van der Waals surface area contributed by atoms with Crippen molar-refractivity contribution >= 4 is 27.5 Å². The fourth-order valence-corrected chi connectivity index (χ4v) is 2.53. The van der Waals surface area contributed by atoms with Gasteiger partial charge in [-0.15, -0.1) is 0 Å². The van der Waals surface area contributed by atoms with Gasteiger partial charge < -0.3 is 5.11 Å². The third-order valence-corrected chi connectivity index (χ3v) is 3.63. The summed E-state index contributed by atoms with van der Waals surface area (Å²) in [6.45, 7) is 0. The lowest BCUT2D eigenvalue weighted by Gasteiger charge is -2.14. The molecule has 2 aromatic rings. The van der Waals surface area contributed by atoms with Gasteiger partial charge in [-0.25, -0.2) is 0 Å². The van der Waals surface area contributed by atoms with Gasteiger partial charge in [0.25, 0.3) is 0 Å². The molecule has 6 heteroatoms. The molecule has 1 atom stereocenters. The molecule has 1 unspecified atom stereocenters. The van der Waals surface area contributed by atoms with E-state index in [0.29, 0.717) is 16.1 Å². The monoisotopic (exact) mass is 364 g/mol. The Morgan fingerprint density at radius 1 is 1.05 bits per heavy atom. The molecule has 0 bridgehead atoms. The Labute approximate surface area is 127 Å². The van der Waals surface area contributed by atoms with Gasteiger partial charge in [-0.1, -0.05) is 45.7 Å². The van der Waals surface area contributed by atoms with E-state index in [0.717, 1.165) is 16.6 Å². The molecule has 0 aromatic heterocycles. The van der Waals surface area contributed by atoms with Crippen molar-refractivity contribution in [2.45, 2.75) is 12.3 Å². The van der Waals surface area contributed by atoms with Crippen molar-refractivity contribution in [2.75, 3.05) is 0 Å². The van der Waals surface area contributed by atoms with Gasteiger partial charge in [0.1, 0.15) is 6.10 Å². The van der Waals surface area contributed by atoms with E-state index in [2.05, 4.69) is 15.9 Å². The fraction of sp³-hybridized carbons (Fsp3) is 0.143. The van der Waals surface area contributed by atoms with Crippen LogP contribution in [0.4, 0.5) is 13.2 Å². The van der Waals surface area contributed by atoms with Crippen molar-refractivity contribution in [1.82, 2.24) is 0 Å². The molecule has 0 saturated carbocycles. The van der Waals surface area contributed by atoms with Crippen LogP contribution < -0.4 is 0 Å². The van der Waals surface area contributed by atoms with E-state index in [1.165, 1.54) is 12.1 Å². The van der Waals surface area contributed by atoms with Crippen molar-refractivity contribution in [1.29, 1.82) is 0 Å². The Kier molecular flexibility index (Phi) is 4.42. The number of benzene rings is 2. The highest BCUT2D eigenvalue weighted by molar-refractivity contribution is 9.10. The molecule has 1 nitrogen and oxygen atoms in total. The molecular weight excluding hydrogens is 357 g/mol. The molecule has 2 aromatic carbocycles. The third-order valence-electron chi connectivity index (χ3n) is 2.81. The smallest absolute Gasteiger partial charge is 0.384 e. The van der Waals surface area contributed by atoms with E-state index in [1.807, 2.05) is 0 Å². The van der Waals surface area contributed by atoms with E-state index < -0.39 is 17.8 Å². The van der Waals surface area contributed by atoms with Crippen molar-refractivity contribution < 1.29 is 18.3 Å². The van der Waals surface area contributed by atoms with Gasteiger partial charge in [0.2, 0.25) is 0 Å². The molecule has 1 N–H and O–H groups in total.